The van der Waals surface area contributed by atoms with E-state index in [1.807, 2.05) is 6.07 Å². The number of piperidine rings is 1. The van der Waals surface area contributed by atoms with E-state index in [0.717, 1.165) is 48.6 Å². The maximum Gasteiger partial charge on any atom is 0.258 e. The second-order valence-electron chi connectivity index (χ2n) is 7.14. The van der Waals surface area contributed by atoms with Crippen molar-refractivity contribution in [3.63, 3.8) is 0 Å². The van der Waals surface area contributed by atoms with Crippen molar-refractivity contribution < 1.29 is 4.79 Å². The molecule has 1 N–H and O–H groups in total. The summed E-state index contributed by atoms with van der Waals surface area (Å²) in [4.78, 5) is 24.0. The van der Waals surface area contributed by atoms with Crippen LogP contribution in [0.15, 0.2) is 30.6 Å². The number of para-hydroxylation sites is 1. The van der Waals surface area contributed by atoms with E-state index < -0.39 is 0 Å². The molecule has 0 bridgehead atoms. The molecule has 5 heteroatoms. The molecule has 1 aromatic carbocycles. The van der Waals surface area contributed by atoms with E-state index in [1.165, 1.54) is 19.3 Å². The van der Waals surface area contributed by atoms with Gasteiger partial charge in [-0.05, 0) is 49.7 Å². The highest BCUT2D eigenvalue weighted by molar-refractivity contribution is 6.04. The van der Waals surface area contributed by atoms with E-state index in [2.05, 4.69) is 53.1 Å². The molecule has 1 amide bonds. The summed E-state index contributed by atoms with van der Waals surface area (Å²) in [6.45, 7) is 7.41. The molecular formula is C22H30N4O. The molecule has 27 heavy (non-hydrogen) atoms. The Balaban J connectivity index is 1.77. The van der Waals surface area contributed by atoms with E-state index in [-0.39, 0.29) is 5.91 Å². The van der Waals surface area contributed by atoms with E-state index in [0.29, 0.717) is 11.6 Å². The van der Waals surface area contributed by atoms with Crippen molar-refractivity contribution >= 4 is 17.5 Å². The SMILES string of the molecule is CCc1cccc(CC)c1NC(=O)c1cnc(N2CCCCC2CC)nc1. The van der Waals surface area contributed by atoms with Crippen LogP contribution in [0.2, 0.25) is 0 Å². The summed E-state index contributed by atoms with van der Waals surface area (Å²) in [5, 5.41) is 3.08. The first kappa shape index (κ1) is 19.3. The van der Waals surface area contributed by atoms with Crippen LogP contribution in [-0.2, 0) is 12.8 Å². The predicted octanol–water partition coefficient (Wildman–Crippen LogP) is 4.62. The molecule has 0 aliphatic carbocycles. The Kier molecular flexibility index (Phi) is 6.43. The lowest BCUT2D eigenvalue weighted by Crippen LogP contribution is -2.40. The minimum absolute atomic E-state index is 0.150. The van der Waals surface area contributed by atoms with Gasteiger partial charge in [0.05, 0.1) is 5.56 Å². The Morgan fingerprint density at radius 1 is 1.11 bits per heavy atom. The third-order valence-corrected chi connectivity index (χ3v) is 5.49. The number of rotatable bonds is 6. The van der Waals surface area contributed by atoms with Crippen molar-refractivity contribution in [3.8, 4) is 0 Å². The number of aryl methyl sites for hydroxylation is 2. The van der Waals surface area contributed by atoms with Crippen LogP contribution < -0.4 is 10.2 Å². The number of amides is 1. The summed E-state index contributed by atoms with van der Waals surface area (Å²) < 4.78 is 0. The quantitative estimate of drug-likeness (QED) is 0.810. The maximum atomic E-state index is 12.8. The van der Waals surface area contributed by atoms with Gasteiger partial charge in [0.2, 0.25) is 5.95 Å². The smallest absolute Gasteiger partial charge is 0.258 e. The molecule has 144 valence electrons. The molecule has 2 aromatic rings. The highest BCUT2D eigenvalue weighted by Crippen LogP contribution is 2.25. The van der Waals surface area contributed by atoms with Crippen LogP contribution >= 0.6 is 0 Å². The molecule has 5 nitrogen and oxygen atoms in total. The third kappa shape index (κ3) is 4.29. The van der Waals surface area contributed by atoms with Gasteiger partial charge in [0.25, 0.3) is 5.91 Å². The normalized spacial score (nSPS) is 17.0. The number of nitrogens with one attached hydrogen (secondary N) is 1. The third-order valence-electron chi connectivity index (χ3n) is 5.49. The van der Waals surface area contributed by atoms with Crippen LogP contribution in [0, 0.1) is 0 Å². The molecule has 3 rings (SSSR count). The average molecular weight is 367 g/mol. The molecule has 1 aliphatic rings. The topological polar surface area (TPSA) is 58.1 Å². The fourth-order valence-corrected chi connectivity index (χ4v) is 3.86. The summed E-state index contributed by atoms with van der Waals surface area (Å²) in [6, 6.07) is 6.68. The fourth-order valence-electron chi connectivity index (χ4n) is 3.86. The first-order chi connectivity index (χ1) is 13.2. The van der Waals surface area contributed by atoms with Crippen LogP contribution in [0.4, 0.5) is 11.6 Å². The number of carbonyl (C=O) groups is 1. The summed E-state index contributed by atoms with van der Waals surface area (Å²) in [7, 11) is 0. The molecule has 1 atom stereocenters. The zero-order valence-corrected chi connectivity index (χ0v) is 16.7. The Morgan fingerprint density at radius 3 is 2.37 bits per heavy atom. The van der Waals surface area contributed by atoms with Crippen LogP contribution in [-0.4, -0.2) is 28.5 Å². The molecule has 0 saturated carbocycles. The van der Waals surface area contributed by atoms with Crippen molar-refractivity contribution in [2.24, 2.45) is 0 Å². The maximum absolute atomic E-state index is 12.8. The largest absolute Gasteiger partial charge is 0.338 e. The molecule has 1 aliphatic heterocycles. The molecule has 1 fully saturated rings. The second kappa shape index (κ2) is 8.98. The van der Waals surface area contributed by atoms with Gasteiger partial charge in [-0.15, -0.1) is 0 Å². The van der Waals surface area contributed by atoms with E-state index in [1.54, 1.807) is 12.4 Å². The molecule has 2 heterocycles. The zero-order chi connectivity index (χ0) is 19.2. The lowest BCUT2D eigenvalue weighted by Gasteiger charge is -2.35. The number of hydrogen-bond acceptors (Lipinski definition) is 4. The predicted molar refractivity (Wildman–Crippen MR) is 110 cm³/mol. The van der Waals surface area contributed by atoms with Crippen LogP contribution in [0.5, 0.6) is 0 Å². The van der Waals surface area contributed by atoms with Crippen molar-refractivity contribution in [3.05, 3.63) is 47.3 Å². The van der Waals surface area contributed by atoms with Gasteiger partial charge in [0.1, 0.15) is 0 Å². The first-order valence-corrected chi connectivity index (χ1v) is 10.2. The van der Waals surface area contributed by atoms with Crippen LogP contribution in [0.3, 0.4) is 0 Å². The van der Waals surface area contributed by atoms with E-state index in [9.17, 15) is 4.79 Å². The van der Waals surface area contributed by atoms with Gasteiger partial charge >= 0.3 is 0 Å². The number of aromatic nitrogens is 2. The standard InChI is InChI=1S/C22H30N4O/c1-4-16-10-9-11-17(5-2)20(16)25-21(27)18-14-23-22(24-15-18)26-13-8-7-12-19(26)6-3/h9-11,14-15,19H,4-8,12-13H2,1-3H3,(H,25,27). The van der Waals surface area contributed by atoms with Gasteiger partial charge in [-0.2, -0.15) is 0 Å². The van der Waals surface area contributed by atoms with Gasteiger partial charge in [0, 0.05) is 30.7 Å². The Bertz CT molecular complexity index is 750. The number of anilines is 2. The summed E-state index contributed by atoms with van der Waals surface area (Å²) in [6.07, 6.45) is 9.80. The van der Waals surface area contributed by atoms with Crippen molar-refractivity contribution in [1.82, 2.24) is 9.97 Å². The number of hydrogen-bond donors (Lipinski definition) is 1. The Labute approximate surface area is 162 Å². The Hall–Kier alpha value is -2.43. The highest BCUT2D eigenvalue weighted by Gasteiger charge is 2.23. The van der Waals surface area contributed by atoms with Gasteiger partial charge in [-0.3, -0.25) is 4.79 Å². The summed E-state index contributed by atoms with van der Waals surface area (Å²) >= 11 is 0. The molecule has 1 saturated heterocycles. The lowest BCUT2D eigenvalue weighted by atomic mass is 10.0. The van der Waals surface area contributed by atoms with Gasteiger partial charge in [-0.1, -0.05) is 39.0 Å². The van der Waals surface area contributed by atoms with Crippen molar-refractivity contribution in [2.75, 3.05) is 16.8 Å². The molecule has 0 spiro atoms. The van der Waals surface area contributed by atoms with Crippen LogP contribution in [0.1, 0.15) is 67.9 Å². The molecule has 1 aromatic heterocycles. The first-order valence-electron chi connectivity index (χ1n) is 10.2. The van der Waals surface area contributed by atoms with Gasteiger partial charge in [0.15, 0.2) is 0 Å². The average Bonchev–Trinajstić information content (AvgIpc) is 2.73. The monoisotopic (exact) mass is 366 g/mol. The lowest BCUT2D eigenvalue weighted by molar-refractivity contribution is 0.102. The zero-order valence-electron chi connectivity index (χ0n) is 16.7. The van der Waals surface area contributed by atoms with Gasteiger partial charge in [-0.25, -0.2) is 9.97 Å². The van der Waals surface area contributed by atoms with Crippen LogP contribution in [0.25, 0.3) is 0 Å². The minimum atomic E-state index is -0.150. The molecule has 1 unspecified atom stereocenters. The second-order valence-corrected chi connectivity index (χ2v) is 7.14. The highest BCUT2D eigenvalue weighted by atomic mass is 16.1. The number of carbonyl (C=O) groups excluding carboxylic acids is 1. The molecule has 0 radical (unpaired) electrons. The van der Waals surface area contributed by atoms with E-state index >= 15 is 0 Å². The fraction of sp³-hybridized carbons (Fsp3) is 0.500. The van der Waals surface area contributed by atoms with Crippen molar-refractivity contribution in [1.29, 1.82) is 0 Å². The number of benzene rings is 1. The summed E-state index contributed by atoms with van der Waals surface area (Å²) in [5.41, 5.74) is 3.73. The minimum Gasteiger partial charge on any atom is -0.338 e. The summed E-state index contributed by atoms with van der Waals surface area (Å²) in [5.74, 6) is 0.587. The van der Waals surface area contributed by atoms with Gasteiger partial charge < -0.3 is 10.2 Å². The van der Waals surface area contributed by atoms with Crippen molar-refractivity contribution in [2.45, 2.75) is 65.3 Å². The Morgan fingerprint density at radius 2 is 1.78 bits per heavy atom. The molecular weight excluding hydrogens is 336 g/mol. The van der Waals surface area contributed by atoms with E-state index in [4.69, 9.17) is 0 Å². The number of nitrogens with zero attached hydrogens (tertiary/aromatic N) is 3.